The molecule has 3 aromatic rings. The van der Waals surface area contributed by atoms with Crippen LogP contribution in [0.5, 0.6) is 5.75 Å². The van der Waals surface area contributed by atoms with Crippen molar-refractivity contribution in [1.29, 1.82) is 0 Å². The summed E-state index contributed by atoms with van der Waals surface area (Å²) in [6.07, 6.45) is 3.70. The number of amides is 1. The van der Waals surface area contributed by atoms with Crippen LogP contribution in [-0.4, -0.2) is 22.8 Å². The maximum atomic E-state index is 12.8. The van der Waals surface area contributed by atoms with E-state index in [9.17, 15) is 4.79 Å². The molecule has 0 spiro atoms. The number of nitrogen functional groups attached to an aromatic ring is 1. The smallest absolute Gasteiger partial charge is 0.259 e. The Balaban J connectivity index is 1.89. The lowest BCUT2D eigenvalue weighted by molar-refractivity contribution is 0.0966. The van der Waals surface area contributed by atoms with Gasteiger partial charge in [0.05, 0.1) is 34.1 Å². The number of nitrogens with zero attached hydrogens (tertiary/aromatic N) is 2. The zero-order valence-corrected chi connectivity index (χ0v) is 22.1. The number of aromatic nitrogens is 2. The number of hydrogen-bond donors (Lipinski definition) is 3. The van der Waals surface area contributed by atoms with Crippen molar-refractivity contribution >= 4 is 46.5 Å². The van der Waals surface area contributed by atoms with Crippen LogP contribution in [-0.2, 0) is 0 Å². The predicted molar refractivity (Wildman–Crippen MR) is 147 cm³/mol. The number of benzene rings is 2. The minimum absolute atomic E-state index is 0.186. The van der Waals surface area contributed by atoms with Gasteiger partial charge in [-0.2, -0.15) is 0 Å². The van der Waals surface area contributed by atoms with Crippen molar-refractivity contribution < 1.29 is 9.53 Å². The molecule has 0 atom stereocenters. The van der Waals surface area contributed by atoms with Crippen molar-refractivity contribution in [3.05, 3.63) is 81.3 Å². The predicted octanol–water partition coefficient (Wildman–Crippen LogP) is 6.76. The van der Waals surface area contributed by atoms with Gasteiger partial charge in [0.15, 0.2) is 5.82 Å². The van der Waals surface area contributed by atoms with Crippen molar-refractivity contribution in [3.63, 3.8) is 0 Å². The molecule has 0 saturated carbocycles. The van der Waals surface area contributed by atoms with E-state index in [0.717, 1.165) is 22.5 Å². The summed E-state index contributed by atoms with van der Waals surface area (Å²) in [6, 6.07) is 9.00. The SMILES string of the molecule is C=CS/C(=C\C)NC(=O)c1ccc(-n2cc(C)c(Nc3ccc(N)c(C(C)C)c3Cl)n2)cc1OC. The molecule has 184 valence electrons. The fraction of sp³-hybridized carbons (Fsp3) is 0.231. The van der Waals surface area contributed by atoms with Crippen LogP contribution in [0.15, 0.2) is 59.6 Å². The highest BCUT2D eigenvalue weighted by Crippen LogP contribution is 2.37. The summed E-state index contributed by atoms with van der Waals surface area (Å²) in [7, 11) is 1.53. The molecule has 35 heavy (non-hydrogen) atoms. The summed E-state index contributed by atoms with van der Waals surface area (Å²) >= 11 is 7.98. The molecule has 0 radical (unpaired) electrons. The lowest BCUT2D eigenvalue weighted by Crippen LogP contribution is -2.21. The van der Waals surface area contributed by atoms with E-state index in [2.05, 4.69) is 36.2 Å². The van der Waals surface area contributed by atoms with Gasteiger partial charge in [0.1, 0.15) is 5.75 Å². The number of nitrogens with one attached hydrogen (secondary N) is 2. The van der Waals surface area contributed by atoms with Gasteiger partial charge in [0, 0.05) is 23.5 Å². The maximum absolute atomic E-state index is 12.8. The molecule has 7 nitrogen and oxygen atoms in total. The van der Waals surface area contributed by atoms with Gasteiger partial charge in [0.25, 0.3) is 5.91 Å². The fourth-order valence-corrected chi connectivity index (χ4v) is 4.49. The Morgan fingerprint density at radius 1 is 1.31 bits per heavy atom. The monoisotopic (exact) mass is 511 g/mol. The first kappa shape index (κ1) is 26.2. The Labute approximate surface area is 215 Å². The van der Waals surface area contributed by atoms with Crippen LogP contribution in [0.4, 0.5) is 17.2 Å². The first-order chi connectivity index (χ1) is 16.7. The Bertz CT molecular complexity index is 1280. The van der Waals surface area contributed by atoms with Crippen molar-refractivity contribution in [1.82, 2.24) is 15.1 Å². The molecule has 0 aliphatic heterocycles. The van der Waals surface area contributed by atoms with Gasteiger partial charge in [-0.05, 0) is 55.0 Å². The number of carbonyl (C=O) groups excluding carboxylic acids is 1. The molecular formula is C26H30ClN5O2S. The van der Waals surface area contributed by atoms with Crippen LogP contribution in [0.3, 0.4) is 0 Å². The van der Waals surface area contributed by atoms with Crippen LogP contribution < -0.4 is 21.1 Å². The minimum atomic E-state index is -0.270. The van der Waals surface area contributed by atoms with Crippen molar-refractivity contribution in [2.45, 2.75) is 33.6 Å². The molecule has 9 heteroatoms. The number of allylic oxidation sites excluding steroid dienone is 1. The Morgan fingerprint density at radius 2 is 2.06 bits per heavy atom. The van der Waals surface area contributed by atoms with Crippen LogP contribution in [0.1, 0.15) is 48.2 Å². The van der Waals surface area contributed by atoms with Gasteiger partial charge >= 0.3 is 0 Å². The summed E-state index contributed by atoms with van der Waals surface area (Å²) in [5.74, 6) is 1.01. The van der Waals surface area contributed by atoms with E-state index in [0.29, 0.717) is 32.9 Å². The molecule has 0 bridgehead atoms. The van der Waals surface area contributed by atoms with Gasteiger partial charge < -0.3 is 21.1 Å². The largest absolute Gasteiger partial charge is 0.496 e. The summed E-state index contributed by atoms with van der Waals surface area (Å²) in [4.78, 5) is 12.8. The van der Waals surface area contributed by atoms with Crippen molar-refractivity contribution in [3.8, 4) is 11.4 Å². The number of ether oxygens (including phenoxy) is 1. The molecule has 4 N–H and O–H groups in total. The summed E-state index contributed by atoms with van der Waals surface area (Å²) in [5, 5.41) is 13.8. The summed E-state index contributed by atoms with van der Waals surface area (Å²) < 4.78 is 7.23. The third kappa shape index (κ3) is 5.83. The molecular weight excluding hydrogens is 482 g/mol. The molecule has 0 aliphatic rings. The lowest BCUT2D eigenvalue weighted by atomic mass is 10.0. The first-order valence-corrected chi connectivity index (χ1v) is 12.3. The number of carbonyl (C=O) groups is 1. The topological polar surface area (TPSA) is 94.2 Å². The highest BCUT2D eigenvalue weighted by atomic mass is 35.5. The van der Waals surface area contributed by atoms with Crippen LogP contribution in [0, 0.1) is 6.92 Å². The lowest BCUT2D eigenvalue weighted by Gasteiger charge is -2.16. The number of hydrogen-bond acceptors (Lipinski definition) is 6. The van der Waals surface area contributed by atoms with E-state index in [4.69, 9.17) is 22.1 Å². The third-order valence-corrected chi connectivity index (χ3v) is 6.51. The zero-order chi connectivity index (χ0) is 25.7. The normalized spacial score (nSPS) is 11.5. The second-order valence-electron chi connectivity index (χ2n) is 8.09. The number of nitrogens with two attached hydrogens (primary N) is 1. The molecule has 0 aliphatic carbocycles. The number of halogens is 1. The van der Waals surface area contributed by atoms with Crippen molar-refractivity contribution in [2.75, 3.05) is 18.2 Å². The first-order valence-electron chi connectivity index (χ1n) is 11.0. The van der Waals surface area contributed by atoms with Gasteiger partial charge in [-0.1, -0.05) is 49.9 Å². The Morgan fingerprint density at radius 3 is 2.69 bits per heavy atom. The molecule has 2 aromatic carbocycles. The van der Waals surface area contributed by atoms with E-state index in [1.165, 1.54) is 18.9 Å². The molecule has 1 amide bonds. The average molecular weight is 512 g/mol. The highest BCUT2D eigenvalue weighted by molar-refractivity contribution is 8.05. The molecule has 0 fully saturated rings. The van der Waals surface area contributed by atoms with Crippen molar-refractivity contribution in [2.24, 2.45) is 0 Å². The maximum Gasteiger partial charge on any atom is 0.259 e. The van der Waals surface area contributed by atoms with Gasteiger partial charge in [-0.15, -0.1) is 5.10 Å². The van der Waals surface area contributed by atoms with Crippen LogP contribution in [0.25, 0.3) is 5.69 Å². The number of aryl methyl sites for hydroxylation is 1. The van der Waals surface area contributed by atoms with E-state index < -0.39 is 0 Å². The highest BCUT2D eigenvalue weighted by Gasteiger charge is 2.17. The average Bonchev–Trinajstić information content (AvgIpc) is 3.19. The van der Waals surface area contributed by atoms with Gasteiger partial charge in [-0.3, -0.25) is 4.79 Å². The molecule has 1 aromatic heterocycles. The number of rotatable bonds is 9. The second-order valence-corrected chi connectivity index (χ2v) is 9.48. The Kier molecular flexibility index (Phi) is 8.53. The van der Waals surface area contributed by atoms with Crippen LogP contribution >= 0.6 is 23.4 Å². The van der Waals surface area contributed by atoms with Gasteiger partial charge in [0.2, 0.25) is 0 Å². The molecule has 3 rings (SSSR count). The summed E-state index contributed by atoms with van der Waals surface area (Å²) in [6.45, 7) is 11.6. The molecule has 1 heterocycles. The number of anilines is 3. The number of methoxy groups -OCH3 is 1. The Hall–Kier alpha value is -3.36. The van der Waals surface area contributed by atoms with Gasteiger partial charge in [-0.25, -0.2) is 4.68 Å². The molecule has 0 unspecified atom stereocenters. The van der Waals surface area contributed by atoms with E-state index in [-0.39, 0.29) is 11.8 Å². The van der Waals surface area contributed by atoms with E-state index in [1.807, 2.05) is 44.3 Å². The van der Waals surface area contributed by atoms with E-state index in [1.54, 1.807) is 22.2 Å². The quantitative estimate of drug-likeness (QED) is 0.275. The number of thioether (sulfide) groups is 1. The second kappa shape index (κ2) is 11.4. The molecule has 0 saturated heterocycles. The standard InChI is InChI=1S/C26H30ClN5O2S/c1-7-22(35-8-2)30-26(33)18-10-9-17(13-21(18)34-6)32-14-16(5)25(31-32)29-20-12-11-19(28)23(15(3)4)24(20)27/h7-15H,2,28H2,1,3-6H3,(H,29,31)(H,30,33)/b22-7-. The summed E-state index contributed by atoms with van der Waals surface area (Å²) in [5.41, 5.74) is 10.5. The fourth-order valence-electron chi connectivity index (χ4n) is 3.58. The van der Waals surface area contributed by atoms with Crippen LogP contribution in [0.2, 0.25) is 5.02 Å². The third-order valence-electron chi connectivity index (χ3n) is 5.34. The zero-order valence-electron chi connectivity index (χ0n) is 20.5. The minimum Gasteiger partial charge on any atom is -0.496 e. The van der Waals surface area contributed by atoms with E-state index >= 15 is 0 Å².